The molecule has 1 heterocycles. The van der Waals surface area contributed by atoms with Gasteiger partial charge in [0, 0.05) is 11.6 Å². The number of anilines is 1. The number of hydrogen-bond acceptors (Lipinski definition) is 5. The fourth-order valence-corrected chi connectivity index (χ4v) is 2.71. The minimum atomic E-state index is -0.461. The number of aromatic nitrogens is 1. The number of nitrogen functional groups attached to an aromatic ring is 1. The van der Waals surface area contributed by atoms with E-state index in [2.05, 4.69) is 11.1 Å². The Labute approximate surface area is 144 Å². The molecule has 0 fully saturated rings. The normalized spacial score (nSPS) is 10.2. The van der Waals surface area contributed by atoms with Gasteiger partial charge in [-0.1, -0.05) is 42.0 Å². The molecule has 0 aliphatic heterocycles. The number of aryl methyl sites for hydroxylation is 1. The van der Waals surface area contributed by atoms with Gasteiger partial charge < -0.3 is 5.73 Å². The number of hydrogen-bond donors (Lipinski definition) is 1. The summed E-state index contributed by atoms with van der Waals surface area (Å²) in [5.41, 5.74) is 9.33. The highest BCUT2D eigenvalue weighted by Crippen LogP contribution is 2.34. The molecule has 0 spiro atoms. The van der Waals surface area contributed by atoms with Crippen LogP contribution in [0.1, 0.15) is 11.1 Å². The van der Waals surface area contributed by atoms with Crippen molar-refractivity contribution in [1.82, 2.24) is 4.98 Å². The number of nitriles is 1. The van der Waals surface area contributed by atoms with Gasteiger partial charge in [0.15, 0.2) is 0 Å². The Morgan fingerprint density at radius 3 is 2.56 bits per heavy atom. The van der Waals surface area contributed by atoms with E-state index in [1.54, 1.807) is 24.3 Å². The fraction of sp³-hybridized carbons (Fsp3) is 0.0526. The second-order valence-electron chi connectivity index (χ2n) is 5.57. The average Bonchev–Trinajstić information content (AvgIpc) is 2.61. The monoisotopic (exact) mass is 330 g/mol. The van der Waals surface area contributed by atoms with Gasteiger partial charge in [-0.25, -0.2) is 4.98 Å². The van der Waals surface area contributed by atoms with Gasteiger partial charge in [-0.3, -0.25) is 10.1 Å². The van der Waals surface area contributed by atoms with Crippen LogP contribution in [0.2, 0.25) is 0 Å². The van der Waals surface area contributed by atoms with Crippen LogP contribution in [0.3, 0.4) is 0 Å². The quantitative estimate of drug-likeness (QED) is 0.575. The van der Waals surface area contributed by atoms with Crippen LogP contribution in [0.25, 0.3) is 22.4 Å². The zero-order chi connectivity index (χ0) is 18.0. The first kappa shape index (κ1) is 16.1. The highest BCUT2D eigenvalue weighted by atomic mass is 16.6. The molecule has 122 valence electrons. The van der Waals surface area contributed by atoms with Crippen molar-refractivity contribution in [2.75, 3.05) is 5.73 Å². The first-order chi connectivity index (χ1) is 12.0. The maximum atomic E-state index is 11.3. The Balaban J connectivity index is 2.29. The lowest BCUT2D eigenvalue weighted by Crippen LogP contribution is -2.01. The maximum Gasteiger partial charge on any atom is 0.278 e. The summed E-state index contributed by atoms with van der Waals surface area (Å²) in [6.45, 7) is 1.95. The van der Waals surface area contributed by atoms with E-state index >= 15 is 0 Å². The molecule has 2 N–H and O–H groups in total. The smallest absolute Gasteiger partial charge is 0.278 e. The summed E-state index contributed by atoms with van der Waals surface area (Å²) < 4.78 is 0. The molecule has 0 radical (unpaired) electrons. The number of pyridine rings is 1. The van der Waals surface area contributed by atoms with Crippen molar-refractivity contribution in [1.29, 1.82) is 5.26 Å². The zero-order valence-corrected chi connectivity index (χ0v) is 13.4. The molecule has 1 aromatic heterocycles. The summed E-state index contributed by atoms with van der Waals surface area (Å²) in [6.07, 6.45) is 0. The van der Waals surface area contributed by atoms with Crippen molar-refractivity contribution < 1.29 is 4.92 Å². The lowest BCUT2D eigenvalue weighted by molar-refractivity contribution is -0.384. The SMILES string of the molecule is Cc1cccc(-c2cc(-c3ccccc3[N+](=O)[O-])nc(N)c2C#N)c1. The molecule has 0 atom stereocenters. The number of rotatable bonds is 3. The van der Waals surface area contributed by atoms with Crippen LogP contribution in [0.15, 0.2) is 54.6 Å². The molecule has 0 unspecified atom stereocenters. The summed E-state index contributed by atoms with van der Waals surface area (Å²) in [5, 5.41) is 20.8. The van der Waals surface area contributed by atoms with Crippen LogP contribution < -0.4 is 5.73 Å². The summed E-state index contributed by atoms with van der Waals surface area (Å²) in [4.78, 5) is 15.1. The van der Waals surface area contributed by atoms with Crippen molar-refractivity contribution in [2.24, 2.45) is 0 Å². The lowest BCUT2D eigenvalue weighted by Gasteiger charge is -2.11. The third kappa shape index (κ3) is 3.03. The second-order valence-corrected chi connectivity index (χ2v) is 5.57. The average molecular weight is 330 g/mol. The lowest BCUT2D eigenvalue weighted by atomic mass is 9.97. The number of para-hydroxylation sites is 1. The van der Waals surface area contributed by atoms with Gasteiger partial charge in [-0.05, 0) is 24.6 Å². The van der Waals surface area contributed by atoms with Gasteiger partial charge in [0.1, 0.15) is 17.5 Å². The number of benzene rings is 2. The Hall–Kier alpha value is -3.72. The number of nitro groups is 1. The van der Waals surface area contributed by atoms with Gasteiger partial charge in [0.25, 0.3) is 5.69 Å². The van der Waals surface area contributed by atoms with Crippen LogP contribution in [-0.2, 0) is 0 Å². The third-order valence-electron chi connectivity index (χ3n) is 3.87. The summed E-state index contributed by atoms with van der Waals surface area (Å²) >= 11 is 0. The Morgan fingerprint density at radius 2 is 1.88 bits per heavy atom. The van der Waals surface area contributed by atoms with Crippen molar-refractivity contribution >= 4 is 11.5 Å². The van der Waals surface area contributed by atoms with Crippen LogP contribution in [-0.4, -0.2) is 9.91 Å². The highest BCUT2D eigenvalue weighted by Gasteiger charge is 2.19. The Kier molecular flexibility index (Phi) is 4.14. The maximum absolute atomic E-state index is 11.3. The summed E-state index contributed by atoms with van der Waals surface area (Å²) in [7, 11) is 0. The highest BCUT2D eigenvalue weighted by molar-refractivity contribution is 5.82. The largest absolute Gasteiger partial charge is 0.383 e. The van der Waals surface area contributed by atoms with Gasteiger partial charge in [-0.15, -0.1) is 0 Å². The first-order valence-electron chi connectivity index (χ1n) is 7.52. The van der Waals surface area contributed by atoms with Gasteiger partial charge >= 0.3 is 0 Å². The molecule has 0 amide bonds. The standard InChI is InChI=1S/C19H14N4O2/c1-12-5-4-6-13(9-12)15-10-17(22-19(21)16(15)11-20)14-7-2-3-8-18(14)23(24)25/h2-10H,1H3,(H2,21,22). The van der Waals surface area contributed by atoms with E-state index < -0.39 is 4.92 Å². The minimum Gasteiger partial charge on any atom is -0.383 e. The molecular weight excluding hydrogens is 316 g/mol. The molecule has 3 rings (SSSR count). The van der Waals surface area contributed by atoms with Crippen LogP contribution in [0.4, 0.5) is 11.5 Å². The Morgan fingerprint density at radius 1 is 1.12 bits per heavy atom. The van der Waals surface area contributed by atoms with E-state index in [4.69, 9.17) is 5.73 Å². The minimum absolute atomic E-state index is 0.0506. The molecule has 6 nitrogen and oxygen atoms in total. The molecule has 0 aliphatic carbocycles. The van der Waals surface area contributed by atoms with E-state index in [-0.39, 0.29) is 17.1 Å². The van der Waals surface area contributed by atoms with E-state index in [1.165, 1.54) is 6.07 Å². The molecular formula is C19H14N4O2. The van der Waals surface area contributed by atoms with Crippen LogP contribution in [0.5, 0.6) is 0 Å². The van der Waals surface area contributed by atoms with Crippen molar-refractivity contribution in [2.45, 2.75) is 6.92 Å². The van der Waals surface area contributed by atoms with E-state index in [1.807, 2.05) is 31.2 Å². The predicted molar refractivity (Wildman–Crippen MR) is 95.6 cm³/mol. The topological polar surface area (TPSA) is 106 Å². The predicted octanol–water partition coefficient (Wildman–Crippen LogP) is 4.09. The molecule has 25 heavy (non-hydrogen) atoms. The fourth-order valence-electron chi connectivity index (χ4n) is 2.71. The molecule has 0 saturated heterocycles. The molecule has 0 aliphatic rings. The van der Waals surface area contributed by atoms with E-state index in [0.29, 0.717) is 16.8 Å². The first-order valence-corrected chi connectivity index (χ1v) is 7.52. The van der Waals surface area contributed by atoms with Crippen molar-refractivity contribution in [3.8, 4) is 28.5 Å². The van der Waals surface area contributed by atoms with E-state index in [0.717, 1.165) is 11.1 Å². The molecule has 6 heteroatoms. The third-order valence-corrected chi connectivity index (χ3v) is 3.87. The number of nitrogens with zero attached hydrogens (tertiary/aromatic N) is 3. The summed E-state index contributed by atoms with van der Waals surface area (Å²) in [6, 6.07) is 17.7. The van der Waals surface area contributed by atoms with Gasteiger partial charge in [-0.2, -0.15) is 5.26 Å². The second kappa shape index (κ2) is 6.42. The molecule has 2 aromatic carbocycles. The van der Waals surface area contributed by atoms with Crippen LogP contribution >= 0.6 is 0 Å². The zero-order valence-electron chi connectivity index (χ0n) is 13.4. The molecule has 0 bridgehead atoms. The number of nitro benzene ring substituents is 1. The number of nitrogens with two attached hydrogens (primary N) is 1. The van der Waals surface area contributed by atoms with Gasteiger partial charge in [0.05, 0.1) is 16.2 Å². The van der Waals surface area contributed by atoms with Crippen LogP contribution in [0, 0.1) is 28.4 Å². The van der Waals surface area contributed by atoms with Crippen molar-refractivity contribution in [3.05, 3.63) is 75.8 Å². The summed E-state index contributed by atoms with van der Waals surface area (Å²) in [5.74, 6) is 0.0506. The van der Waals surface area contributed by atoms with Gasteiger partial charge in [0.2, 0.25) is 0 Å². The van der Waals surface area contributed by atoms with E-state index in [9.17, 15) is 15.4 Å². The molecule has 3 aromatic rings. The Bertz CT molecular complexity index is 1020. The molecule has 0 saturated carbocycles. The van der Waals surface area contributed by atoms with Crippen molar-refractivity contribution in [3.63, 3.8) is 0 Å².